The van der Waals surface area contributed by atoms with E-state index in [1.165, 1.54) is 12.8 Å². The average Bonchev–Trinajstić information content (AvgIpc) is 3.51. The number of benzene rings is 1. The van der Waals surface area contributed by atoms with Crippen molar-refractivity contribution < 1.29 is 9.59 Å². The molecule has 6 heteroatoms. The van der Waals surface area contributed by atoms with Crippen molar-refractivity contribution in [1.29, 1.82) is 0 Å². The summed E-state index contributed by atoms with van der Waals surface area (Å²) >= 11 is 0. The van der Waals surface area contributed by atoms with E-state index < -0.39 is 0 Å². The molecule has 0 aliphatic heterocycles. The molecule has 1 aromatic carbocycles. The third kappa shape index (κ3) is 3.29. The van der Waals surface area contributed by atoms with Crippen LogP contribution in [0.25, 0.3) is 0 Å². The van der Waals surface area contributed by atoms with Gasteiger partial charge in [-0.15, -0.1) is 0 Å². The van der Waals surface area contributed by atoms with Crippen LogP contribution in [-0.2, 0) is 4.79 Å². The molecule has 0 bridgehead atoms. The van der Waals surface area contributed by atoms with Crippen LogP contribution in [0.2, 0.25) is 0 Å². The fourth-order valence-electron chi connectivity index (χ4n) is 3.14. The predicted octanol–water partition coefficient (Wildman–Crippen LogP) is 3.44. The van der Waals surface area contributed by atoms with Crippen LogP contribution in [0.3, 0.4) is 0 Å². The first-order valence-electron chi connectivity index (χ1n) is 8.80. The van der Waals surface area contributed by atoms with E-state index in [0.29, 0.717) is 28.9 Å². The first-order chi connectivity index (χ1) is 12.0. The van der Waals surface area contributed by atoms with E-state index in [4.69, 9.17) is 0 Å². The number of H-pyrrole nitrogens is 1. The Morgan fingerprint density at radius 2 is 2.00 bits per heavy atom. The maximum atomic E-state index is 12.5. The molecule has 1 aromatic heterocycles. The number of rotatable bonds is 5. The molecule has 2 amide bonds. The number of anilines is 2. The monoisotopic (exact) mass is 338 g/mol. The molecular weight excluding hydrogens is 316 g/mol. The summed E-state index contributed by atoms with van der Waals surface area (Å²) in [6.07, 6.45) is 3.29. The highest BCUT2D eigenvalue weighted by Gasteiger charge is 2.39. The number of nitrogens with zero attached hydrogens (tertiary/aromatic N) is 1. The van der Waals surface area contributed by atoms with Crippen LogP contribution in [0.15, 0.2) is 24.3 Å². The first-order valence-corrected chi connectivity index (χ1v) is 8.80. The topological polar surface area (TPSA) is 86.9 Å². The Morgan fingerprint density at radius 3 is 2.68 bits per heavy atom. The minimum absolute atomic E-state index is 0.0299. The lowest BCUT2D eigenvalue weighted by atomic mass is 10.1. The predicted molar refractivity (Wildman–Crippen MR) is 95.6 cm³/mol. The molecule has 2 aliphatic rings. The van der Waals surface area contributed by atoms with Crippen LogP contribution >= 0.6 is 0 Å². The molecule has 1 heterocycles. The molecule has 0 radical (unpaired) electrons. The Hall–Kier alpha value is -2.63. The molecule has 3 N–H and O–H groups in total. The summed E-state index contributed by atoms with van der Waals surface area (Å²) in [6.45, 7) is 4.04. The quantitative estimate of drug-likeness (QED) is 0.780. The van der Waals surface area contributed by atoms with Crippen LogP contribution < -0.4 is 10.6 Å². The molecular formula is C19H22N4O2. The Kier molecular flexibility index (Phi) is 3.82. The zero-order valence-corrected chi connectivity index (χ0v) is 14.4. The smallest absolute Gasteiger partial charge is 0.256 e. The van der Waals surface area contributed by atoms with E-state index in [2.05, 4.69) is 27.8 Å². The average molecular weight is 338 g/mol. The van der Waals surface area contributed by atoms with Crippen molar-refractivity contribution >= 4 is 23.3 Å². The third-order valence-corrected chi connectivity index (χ3v) is 5.10. The summed E-state index contributed by atoms with van der Waals surface area (Å²) in [6, 6.07) is 7.00. The second-order valence-electron chi connectivity index (χ2n) is 7.23. The largest absolute Gasteiger partial charge is 0.326 e. The molecule has 0 saturated heterocycles. The zero-order chi connectivity index (χ0) is 17.6. The zero-order valence-electron chi connectivity index (χ0n) is 14.4. The number of aromatic amines is 1. The molecule has 2 saturated carbocycles. The van der Waals surface area contributed by atoms with E-state index in [9.17, 15) is 9.59 Å². The molecule has 25 heavy (non-hydrogen) atoms. The first kappa shape index (κ1) is 15.9. The Labute approximate surface area is 146 Å². The van der Waals surface area contributed by atoms with Gasteiger partial charge in [0.05, 0.1) is 0 Å². The molecule has 130 valence electrons. The summed E-state index contributed by atoms with van der Waals surface area (Å²) in [5.74, 6) is 1.49. The van der Waals surface area contributed by atoms with Crippen molar-refractivity contribution in [2.24, 2.45) is 11.8 Å². The van der Waals surface area contributed by atoms with Gasteiger partial charge in [0.2, 0.25) is 5.91 Å². The van der Waals surface area contributed by atoms with E-state index in [0.717, 1.165) is 17.7 Å². The number of aromatic nitrogens is 2. The van der Waals surface area contributed by atoms with E-state index in [-0.39, 0.29) is 17.7 Å². The van der Waals surface area contributed by atoms with Crippen molar-refractivity contribution in [3.8, 4) is 0 Å². The number of carbonyl (C=O) groups excluding carboxylic acids is 2. The number of hydrogen-bond donors (Lipinski definition) is 3. The van der Waals surface area contributed by atoms with Crippen LogP contribution in [0.1, 0.15) is 53.7 Å². The fourth-order valence-corrected chi connectivity index (χ4v) is 3.14. The van der Waals surface area contributed by atoms with Gasteiger partial charge in [-0.1, -0.05) is 13.0 Å². The van der Waals surface area contributed by atoms with Crippen molar-refractivity contribution in [2.75, 3.05) is 10.6 Å². The van der Waals surface area contributed by atoms with Crippen molar-refractivity contribution in [1.82, 2.24) is 10.2 Å². The highest BCUT2D eigenvalue weighted by atomic mass is 16.2. The van der Waals surface area contributed by atoms with Gasteiger partial charge in [0.15, 0.2) is 5.82 Å². The maximum Gasteiger partial charge on any atom is 0.256 e. The lowest BCUT2D eigenvalue weighted by Crippen LogP contribution is -2.16. The summed E-state index contributed by atoms with van der Waals surface area (Å²) < 4.78 is 0. The molecule has 6 nitrogen and oxygen atoms in total. The Morgan fingerprint density at radius 1 is 1.24 bits per heavy atom. The van der Waals surface area contributed by atoms with Gasteiger partial charge in [-0.2, -0.15) is 5.10 Å². The molecule has 2 fully saturated rings. The minimum Gasteiger partial charge on any atom is -0.326 e. The second kappa shape index (κ2) is 6.02. The summed E-state index contributed by atoms with van der Waals surface area (Å²) in [4.78, 5) is 24.6. The SMILES string of the molecule is Cc1c(NC(=O)c2cccc(NC(=O)C3CC3C)c2)n[nH]c1C1CC1. The van der Waals surface area contributed by atoms with E-state index in [1.807, 2.05) is 6.92 Å². The van der Waals surface area contributed by atoms with Crippen LogP contribution in [-0.4, -0.2) is 22.0 Å². The molecule has 2 aliphatic carbocycles. The maximum absolute atomic E-state index is 12.5. The highest BCUT2D eigenvalue weighted by molar-refractivity contribution is 6.05. The van der Waals surface area contributed by atoms with Gasteiger partial charge in [-0.05, 0) is 50.3 Å². The van der Waals surface area contributed by atoms with Gasteiger partial charge < -0.3 is 10.6 Å². The van der Waals surface area contributed by atoms with Gasteiger partial charge in [-0.3, -0.25) is 14.7 Å². The van der Waals surface area contributed by atoms with Gasteiger partial charge in [0.1, 0.15) is 0 Å². The van der Waals surface area contributed by atoms with Gasteiger partial charge in [0.25, 0.3) is 5.91 Å². The second-order valence-corrected chi connectivity index (χ2v) is 7.23. The third-order valence-electron chi connectivity index (χ3n) is 5.10. The Balaban J connectivity index is 1.45. The lowest BCUT2D eigenvalue weighted by molar-refractivity contribution is -0.117. The van der Waals surface area contributed by atoms with E-state index >= 15 is 0 Å². The summed E-state index contributed by atoms with van der Waals surface area (Å²) in [7, 11) is 0. The number of amides is 2. The molecule has 4 rings (SSSR count). The standard InChI is InChI=1S/C19H22N4O2/c1-10-8-15(10)19(25)20-14-5-3-4-13(9-14)18(24)21-17-11(2)16(22-23-17)12-6-7-12/h3-5,9-10,12,15H,6-8H2,1-2H3,(H,20,25)(H2,21,22,23,24). The number of nitrogens with one attached hydrogen (secondary N) is 3. The minimum atomic E-state index is -0.229. The Bertz CT molecular complexity index is 838. The van der Waals surface area contributed by atoms with Gasteiger partial charge in [-0.25, -0.2) is 0 Å². The normalized spacial score (nSPS) is 21.7. The molecule has 2 atom stereocenters. The number of carbonyl (C=O) groups is 2. The fraction of sp³-hybridized carbons (Fsp3) is 0.421. The molecule has 0 spiro atoms. The van der Waals surface area contributed by atoms with Crippen LogP contribution in [0.5, 0.6) is 0 Å². The highest BCUT2D eigenvalue weighted by Crippen LogP contribution is 2.41. The summed E-state index contributed by atoms with van der Waals surface area (Å²) in [5, 5.41) is 13.0. The van der Waals surface area contributed by atoms with Gasteiger partial charge in [0, 0.05) is 34.3 Å². The van der Waals surface area contributed by atoms with Gasteiger partial charge >= 0.3 is 0 Å². The van der Waals surface area contributed by atoms with E-state index in [1.54, 1.807) is 24.3 Å². The molecule has 2 aromatic rings. The number of hydrogen-bond acceptors (Lipinski definition) is 3. The lowest BCUT2D eigenvalue weighted by Gasteiger charge is -2.08. The van der Waals surface area contributed by atoms with Crippen molar-refractivity contribution in [2.45, 2.75) is 39.0 Å². The summed E-state index contributed by atoms with van der Waals surface area (Å²) in [5.41, 5.74) is 3.27. The molecule has 2 unspecified atom stereocenters. The van der Waals surface area contributed by atoms with Crippen LogP contribution in [0.4, 0.5) is 11.5 Å². The van der Waals surface area contributed by atoms with Crippen LogP contribution in [0, 0.1) is 18.8 Å². The van der Waals surface area contributed by atoms with Crippen molar-refractivity contribution in [3.63, 3.8) is 0 Å². The van der Waals surface area contributed by atoms with Crippen molar-refractivity contribution in [3.05, 3.63) is 41.1 Å².